The van der Waals surface area contributed by atoms with Crippen LogP contribution in [-0.2, 0) is 28.9 Å². The smallest absolute Gasteiger partial charge is 0.323 e. The number of carboxylic acids is 1. The Morgan fingerprint density at radius 3 is 2.48 bits per heavy atom. The van der Waals surface area contributed by atoms with E-state index in [2.05, 4.69) is 13.2 Å². The molecule has 0 fully saturated rings. The van der Waals surface area contributed by atoms with Gasteiger partial charge in [-0.1, -0.05) is 12.2 Å². The first-order valence-corrected chi connectivity index (χ1v) is 7.10. The zero-order valence-electron chi connectivity index (χ0n) is 13.3. The number of carboxylic acid groups (broad SMARTS) is 1. The molecule has 0 bridgehead atoms. The molecule has 0 aromatic heterocycles. The van der Waals surface area contributed by atoms with E-state index in [1.54, 1.807) is 18.2 Å². The molecule has 1 amide bonds. The van der Waals surface area contributed by atoms with Crippen LogP contribution >= 0.6 is 0 Å². The maximum atomic E-state index is 12.1. The molecule has 23 heavy (non-hydrogen) atoms. The number of carbonyl (C=O) groups excluding carboxylic acids is 1. The van der Waals surface area contributed by atoms with E-state index in [0.29, 0.717) is 36.1 Å². The fraction of sp³-hybridized carbons (Fsp3) is 0.294. The average molecular weight is 324 g/mol. The number of carbonyl (C=O) groups is 2. The van der Waals surface area contributed by atoms with Crippen molar-refractivity contribution in [2.45, 2.75) is 25.7 Å². The first-order valence-electron chi connectivity index (χ1n) is 7.10. The average Bonchev–Trinajstić information content (AvgIpc) is 2.46. The van der Waals surface area contributed by atoms with Gasteiger partial charge in [0.05, 0.1) is 0 Å². The van der Waals surface area contributed by atoms with Gasteiger partial charge in [-0.25, -0.2) is 0 Å². The van der Waals surface area contributed by atoms with Gasteiger partial charge in [0.25, 0.3) is 0 Å². The van der Waals surface area contributed by atoms with Crippen LogP contribution in [0.2, 0.25) is 0 Å². The van der Waals surface area contributed by atoms with Gasteiger partial charge >= 0.3 is 5.97 Å². The second-order valence-electron chi connectivity index (χ2n) is 5.22. The van der Waals surface area contributed by atoms with E-state index in [1.165, 1.54) is 4.90 Å². The minimum Gasteiger partial charge on any atom is -0.507 e. The van der Waals surface area contributed by atoms with Gasteiger partial charge in [0.1, 0.15) is 12.3 Å². The maximum Gasteiger partial charge on any atom is 0.323 e. The fourth-order valence-electron chi connectivity index (χ4n) is 2.82. The molecule has 0 atom stereocenters. The van der Waals surface area contributed by atoms with E-state index in [9.17, 15) is 14.7 Å². The van der Waals surface area contributed by atoms with E-state index in [0.717, 1.165) is 5.56 Å². The van der Waals surface area contributed by atoms with Gasteiger partial charge in [-0.2, -0.15) is 0 Å². The summed E-state index contributed by atoms with van der Waals surface area (Å²) in [5, 5.41) is 19.5. The third-order valence-electron chi connectivity index (χ3n) is 3.76. The van der Waals surface area contributed by atoms with Crippen LogP contribution in [0.25, 0.3) is 0 Å². The molecule has 5 nitrogen and oxygen atoms in total. The van der Waals surface area contributed by atoms with E-state index in [-0.39, 0.29) is 54.2 Å². The Kier molecular flexibility index (Phi) is 7.06. The monoisotopic (exact) mass is 324 g/mol. The van der Waals surface area contributed by atoms with Crippen LogP contribution in [0.5, 0.6) is 5.75 Å². The van der Waals surface area contributed by atoms with Gasteiger partial charge in [-0.15, -0.1) is 13.2 Å². The van der Waals surface area contributed by atoms with Gasteiger partial charge in [0.2, 0.25) is 5.91 Å². The van der Waals surface area contributed by atoms with Crippen molar-refractivity contribution >= 4 is 47.1 Å². The van der Waals surface area contributed by atoms with Crippen LogP contribution in [0, 0.1) is 0 Å². The Balaban J connectivity index is 0.00000264. The van der Waals surface area contributed by atoms with Gasteiger partial charge in [-0.3, -0.25) is 9.59 Å². The molecular weight excluding hydrogens is 305 g/mol. The number of anilines is 1. The Labute approximate surface area is 157 Å². The van der Waals surface area contributed by atoms with Crippen LogP contribution in [0.1, 0.15) is 23.1 Å². The fourth-order valence-corrected chi connectivity index (χ4v) is 2.82. The Morgan fingerprint density at radius 1 is 1.26 bits per heavy atom. The van der Waals surface area contributed by atoms with Crippen molar-refractivity contribution < 1.29 is 19.8 Å². The molecule has 2 rings (SSSR count). The molecule has 1 aliphatic rings. The molecule has 1 heterocycles. The molecule has 1 aliphatic heterocycles. The van der Waals surface area contributed by atoms with E-state index >= 15 is 0 Å². The number of aromatic hydroxyl groups is 1. The van der Waals surface area contributed by atoms with Crippen molar-refractivity contribution in [3.05, 3.63) is 48.1 Å². The number of rotatable bonds is 6. The SMILES string of the molecule is C=CCc1cc2c(c(CC=C)c1O)CCC(=O)N2CC(=O)O.[Na]. The van der Waals surface area contributed by atoms with Crippen LogP contribution in [0.3, 0.4) is 0 Å². The summed E-state index contributed by atoms with van der Waals surface area (Å²) in [4.78, 5) is 24.4. The Hall–Kier alpha value is -1.56. The predicted octanol–water partition coefficient (Wildman–Crippen LogP) is 1.83. The molecule has 0 aliphatic carbocycles. The summed E-state index contributed by atoms with van der Waals surface area (Å²) < 4.78 is 0. The molecule has 6 heteroatoms. The van der Waals surface area contributed by atoms with Crippen LogP contribution in [0.4, 0.5) is 5.69 Å². The first-order chi connectivity index (χ1) is 10.5. The number of allylic oxidation sites excluding steroid dienone is 2. The number of hydrogen-bond donors (Lipinski definition) is 2. The summed E-state index contributed by atoms with van der Waals surface area (Å²) in [6, 6.07) is 1.69. The van der Waals surface area contributed by atoms with Crippen molar-refractivity contribution in [3.8, 4) is 5.75 Å². The third-order valence-corrected chi connectivity index (χ3v) is 3.76. The third kappa shape index (κ3) is 4.05. The molecule has 2 N–H and O–H groups in total. The number of benzene rings is 1. The molecule has 1 radical (unpaired) electrons. The van der Waals surface area contributed by atoms with E-state index < -0.39 is 5.97 Å². The largest absolute Gasteiger partial charge is 0.507 e. The Morgan fingerprint density at radius 2 is 1.91 bits per heavy atom. The summed E-state index contributed by atoms with van der Waals surface area (Å²) in [7, 11) is 0. The van der Waals surface area contributed by atoms with Gasteiger partial charge in [0.15, 0.2) is 0 Å². The van der Waals surface area contributed by atoms with E-state index in [4.69, 9.17) is 5.11 Å². The second kappa shape index (κ2) is 8.34. The number of aliphatic carboxylic acids is 1. The molecule has 0 saturated carbocycles. The normalized spacial score (nSPS) is 13.0. The second-order valence-corrected chi connectivity index (χ2v) is 5.22. The maximum absolute atomic E-state index is 12.1. The van der Waals surface area contributed by atoms with Crippen molar-refractivity contribution in [1.29, 1.82) is 0 Å². The zero-order valence-corrected chi connectivity index (χ0v) is 15.3. The minimum atomic E-state index is -1.06. The number of nitrogens with zero attached hydrogens (tertiary/aromatic N) is 1. The minimum absolute atomic E-state index is 0. The topological polar surface area (TPSA) is 77.8 Å². The van der Waals surface area contributed by atoms with Crippen molar-refractivity contribution in [1.82, 2.24) is 0 Å². The van der Waals surface area contributed by atoms with Crippen molar-refractivity contribution in [3.63, 3.8) is 0 Å². The summed E-state index contributed by atoms with van der Waals surface area (Å²) >= 11 is 0. The summed E-state index contributed by atoms with van der Waals surface area (Å²) in [6.07, 6.45) is 4.99. The van der Waals surface area contributed by atoms with E-state index in [1.807, 2.05) is 0 Å². The number of phenolic OH excluding ortho intramolecular Hbond substituents is 1. The van der Waals surface area contributed by atoms with Crippen molar-refractivity contribution in [2.24, 2.45) is 0 Å². The van der Waals surface area contributed by atoms with Gasteiger partial charge < -0.3 is 15.1 Å². The predicted molar refractivity (Wildman–Crippen MR) is 90.0 cm³/mol. The molecule has 117 valence electrons. The summed E-state index contributed by atoms with van der Waals surface area (Å²) in [5.41, 5.74) is 2.75. The van der Waals surface area contributed by atoms with Crippen LogP contribution in [0.15, 0.2) is 31.4 Å². The quantitative estimate of drug-likeness (QED) is 0.618. The number of hydrogen-bond acceptors (Lipinski definition) is 3. The number of fused-ring (bicyclic) bond motifs is 1. The van der Waals surface area contributed by atoms with Gasteiger partial charge in [0, 0.05) is 47.2 Å². The summed E-state index contributed by atoms with van der Waals surface area (Å²) in [6.45, 7) is 6.98. The molecule has 0 unspecified atom stereocenters. The summed E-state index contributed by atoms with van der Waals surface area (Å²) in [5.74, 6) is -1.09. The number of phenols is 1. The molecule has 0 spiro atoms. The molecule has 0 saturated heterocycles. The standard InChI is InChI=1S/C17H19NO4.Na/c1-3-5-11-9-14-12(13(6-4-2)17(11)22)7-8-15(19)18(14)10-16(20)21;/h3-4,9,22H,1-2,5-8,10H2,(H,20,21);. The van der Waals surface area contributed by atoms with Crippen molar-refractivity contribution in [2.75, 3.05) is 11.4 Å². The molecule has 1 aromatic carbocycles. The molecule has 1 aromatic rings. The van der Waals surface area contributed by atoms with Gasteiger partial charge in [-0.05, 0) is 36.5 Å². The van der Waals surface area contributed by atoms with Crippen LogP contribution in [-0.4, -0.2) is 58.2 Å². The zero-order chi connectivity index (χ0) is 16.3. The first kappa shape index (κ1) is 19.5. The molecular formula is C17H19NNaO4. The van der Waals surface area contributed by atoms with Crippen LogP contribution < -0.4 is 4.90 Å². The Bertz CT molecular complexity index is 654. The number of amides is 1.